The average Bonchev–Trinajstić information content (AvgIpc) is 2.62. The van der Waals surface area contributed by atoms with Crippen LogP contribution in [0.1, 0.15) is 58.8 Å². The van der Waals surface area contributed by atoms with Crippen LogP contribution < -0.4 is 11.1 Å². The first-order valence-electron chi connectivity index (χ1n) is 7.74. The van der Waals surface area contributed by atoms with Crippen molar-refractivity contribution in [1.82, 2.24) is 5.32 Å². The van der Waals surface area contributed by atoms with Crippen molar-refractivity contribution in [3.8, 4) is 0 Å². The highest BCUT2D eigenvalue weighted by atomic mass is 16.5. The second kappa shape index (κ2) is 9.32. The molecule has 1 aliphatic rings. The molecule has 3 N–H and O–H groups in total. The van der Waals surface area contributed by atoms with Crippen molar-refractivity contribution in [2.45, 2.75) is 70.9 Å². The Balaban J connectivity index is 2.07. The third kappa shape index (κ3) is 7.53. The average molecular weight is 270 g/mol. The van der Waals surface area contributed by atoms with Gasteiger partial charge < -0.3 is 15.8 Å². The Morgan fingerprint density at radius 2 is 1.89 bits per heavy atom. The van der Waals surface area contributed by atoms with Gasteiger partial charge in [0.05, 0.1) is 18.8 Å². The molecule has 19 heavy (non-hydrogen) atoms. The van der Waals surface area contributed by atoms with Crippen molar-refractivity contribution in [3.05, 3.63) is 0 Å². The zero-order valence-corrected chi connectivity index (χ0v) is 12.5. The number of carbonyl (C=O) groups is 1. The number of hydrogen-bond acceptors (Lipinski definition) is 3. The summed E-state index contributed by atoms with van der Waals surface area (Å²) in [4.78, 5) is 11.7. The van der Waals surface area contributed by atoms with Crippen LogP contribution in [0.15, 0.2) is 0 Å². The van der Waals surface area contributed by atoms with Crippen molar-refractivity contribution < 1.29 is 9.53 Å². The van der Waals surface area contributed by atoms with Crippen LogP contribution in [0, 0.1) is 5.92 Å². The summed E-state index contributed by atoms with van der Waals surface area (Å²) < 4.78 is 5.82. The summed E-state index contributed by atoms with van der Waals surface area (Å²) in [5.41, 5.74) is 5.81. The summed E-state index contributed by atoms with van der Waals surface area (Å²) in [6.07, 6.45) is 8.67. The van der Waals surface area contributed by atoms with Gasteiger partial charge >= 0.3 is 0 Å². The first-order chi connectivity index (χ1) is 9.09. The molecular formula is C15H30N2O2. The highest BCUT2D eigenvalue weighted by Crippen LogP contribution is 2.19. The molecule has 0 aromatic carbocycles. The molecule has 1 saturated carbocycles. The number of hydrogen-bond donors (Lipinski definition) is 2. The number of ether oxygens (including phenoxy) is 1. The van der Waals surface area contributed by atoms with Crippen LogP contribution in [0.3, 0.4) is 0 Å². The minimum absolute atomic E-state index is 0.0573. The van der Waals surface area contributed by atoms with Crippen molar-refractivity contribution in [2.24, 2.45) is 11.7 Å². The van der Waals surface area contributed by atoms with E-state index < -0.39 is 6.04 Å². The number of carbonyl (C=O) groups excluding carboxylic acids is 1. The van der Waals surface area contributed by atoms with E-state index in [1.165, 1.54) is 38.5 Å². The molecule has 1 fully saturated rings. The molecule has 1 rings (SSSR count). The number of nitrogens with one attached hydrogen (secondary N) is 1. The quantitative estimate of drug-likeness (QED) is 0.551. The van der Waals surface area contributed by atoms with E-state index in [1.807, 2.05) is 0 Å². The molecule has 0 aliphatic heterocycles. The van der Waals surface area contributed by atoms with E-state index in [-0.39, 0.29) is 5.91 Å². The second-order valence-electron chi connectivity index (χ2n) is 6.01. The molecule has 1 amide bonds. The fraction of sp³-hybridized carbons (Fsp3) is 0.933. The molecule has 4 nitrogen and oxygen atoms in total. The molecule has 0 radical (unpaired) electrons. The van der Waals surface area contributed by atoms with Gasteiger partial charge in [-0.1, -0.05) is 39.5 Å². The van der Waals surface area contributed by atoms with Gasteiger partial charge in [0.25, 0.3) is 0 Å². The Morgan fingerprint density at radius 3 is 2.47 bits per heavy atom. The maximum absolute atomic E-state index is 11.7. The minimum atomic E-state index is -0.391. The Bertz CT molecular complexity index is 249. The minimum Gasteiger partial charge on any atom is -0.376 e. The summed E-state index contributed by atoms with van der Waals surface area (Å²) in [7, 11) is 0. The molecule has 0 spiro atoms. The highest BCUT2D eigenvalue weighted by Gasteiger charge is 2.15. The molecule has 4 heteroatoms. The number of rotatable bonds is 7. The van der Waals surface area contributed by atoms with Crippen molar-refractivity contribution in [1.29, 1.82) is 0 Å². The van der Waals surface area contributed by atoms with Crippen LogP contribution in [0.2, 0.25) is 0 Å². The predicted octanol–water partition coefficient (Wildman–Crippen LogP) is 2.22. The Hall–Kier alpha value is -0.610. The monoisotopic (exact) mass is 270 g/mol. The lowest BCUT2D eigenvalue weighted by Gasteiger charge is -2.17. The molecule has 1 atom stereocenters. The van der Waals surface area contributed by atoms with E-state index in [0.717, 1.165) is 6.42 Å². The van der Waals surface area contributed by atoms with Crippen LogP contribution in [0.4, 0.5) is 0 Å². The molecule has 0 unspecified atom stereocenters. The van der Waals surface area contributed by atoms with E-state index >= 15 is 0 Å². The summed E-state index contributed by atoms with van der Waals surface area (Å²) in [5.74, 6) is 0.390. The highest BCUT2D eigenvalue weighted by molar-refractivity contribution is 5.81. The van der Waals surface area contributed by atoms with Gasteiger partial charge in [-0.3, -0.25) is 4.79 Å². The third-order valence-electron chi connectivity index (χ3n) is 3.62. The molecular weight excluding hydrogens is 240 g/mol. The summed E-state index contributed by atoms with van der Waals surface area (Å²) in [6.45, 7) is 5.32. The molecule has 0 heterocycles. The van der Waals surface area contributed by atoms with Crippen LogP contribution in [0.25, 0.3) is 0 Å². The zero-order chi connectivity index (χ0) is 14.1. The van der Waals surface area contributed by atoms with E-state index in [1.54, 1.807) is 0 Å². The largest absolute Gasteiger partial charge is 0.376 e. The number of nitrogens with two attached hydrogens (primary N) is 1. The molecule has 0 aromatic heterocycles. The molecule has 1 aliphatic carbocycles. The second-order valence-corrected chi connectivity index (χ2v) is 6.01. The SMILES string of the molecule is CC(C)C[C@H](N)C(=O)NCCOC1CCCCCC1. The van der Waals surface area contributed by atoms with Crippen LogP contribution in [-0.2, 0) is 9.53 Å². The van der Waals surface area contributed by atoms with Gasteiger partial charge in [-0.25, -0.2) is 0 Å². The molecule has 0 bridgehead atoms. The van der Waals surface area contributed by atoms with E-state index in [0.29, 0.717) is 25.2 Å². The van der Waals surface area contributed by atoms with E-state index in [9.17, 15) is 4.79 Å². The molecule has 112 valence electrons. The van der Waals surface area contributed by atoms with Gasteiger partial charge in [0.1, 0.15) is 0 Å². The topological polar surface area (TPSA) is 64.4 Å². The number of amides is 1. The maximum atomic E-state index is 11.7. The fourth-order valence-corrected chi connectivity index (χ4v) is 2.55. The van der Waals surface area contributed by atoms with Crippen molar-refractivity contribution >= 4 is 5.91 Å². The lowest BCUT2D eigenvalue weighted by atomic mass is 10.0. The predicted molar refractivity (Wildman–Crippen MR) is 77.9 cm³/mol. The maximum Gasteiger partial charge on any atom is 0.237 e. The van der Waals surface area contributed by atoms with Crippen LogP contribution >= 0.6 is 0 Å². The summed E-state index contributed by atoms with van der Waals surface area (Å²) in [5, 5.41) is 2.85. The van der Waals surface area contributed by atoms with Gasteiger partial charge in [-0.2, -0.15) is 0 Å². The molecule has 0 aromatic rings. The first kappa shape index (κ1) is 16.4. The van der Waals surface area contributed by atoms with Gasteiger partial charge in [0.2, 0.25) is 5.91 Å². The smallest absolute Gasteiger partial charge is 0.237 e. The van der Waals surface area contributed by atoms with Gasteiger partial charge in [-0.05, 0) is 25.2 Å². The van der Waals surface area contributed by atoms with Crippen molar-refractivity contribution in [3.63, 3.8) is 0 Å². The van der Waals surface area contributed by atoms with E-state index in [2.05, 4.69) is 19.2 Å². The Morgan fingerprint density at radius 1 is 1.26 bits per heavy atom. The van der Waals surface area contributed by atoms with Gasteiger partial charge in [-0.15, -0.1) is 0 Å². The van der Waals surface area contributed by atoms with Crippen LogP contribution in [-0.4, -0.2) is 31.2 Å². The Kier molecular flexibility index (Phi) is 8.07. The summed E-state index contributed by atoms with van der Waals surface area (Å²) in [6, 6.07) is -0.391. The normalized spacial score (nSPS) is 19.2. The van der Waals surface area contributed by atoms with E-state index in [4.69, 9.17) is 10.5 Å². The van der Waals surface area contributed by atoms with Crippen LogP contribution in [0.5, 0.6) is 0 Å². The molecule has 0 saturated heterocycles. The first-order valence-corrected chi connectivity index (χ1v) is 7.74. The fourth-order valence-electron chi connectivity index (χ4n) is 2.55. The zero-order valence-electron chi connectivity index (χ0n) is 12.5. The van der Waals surface area contributed by atoms with Crippen molar-refractivity contribution in [2.75, 3.05) is 13.2 Å². The standard InChI is InChI=1S/C15H30N2O2/c1-12(2)11-14(16)15(18)17-9-10-19-13-7-5-3-4-6-8-13/h12-14H,3-11,16H2,1-2H3,(H,17,18)/t14-/m0/s1. The third-order valence-corrected chi connectivity index (χ3v) is 3.62. The summed E-state index contributed by atoms with van der Waals surface area (Å²) >= 11 is 0. The van der Waals surface area contributed by atoms with Gasteiger partial charge in [0, 0.05) is 6.54 Å². The lowest BCUT2D eigenvalue weighted by molar-refractivity contribution is -0.123. The Labute approximate surface area is 117 Å². The van der Waals surface area contributed by atoms with Gasteiger partial charge in [0.15, 0.2) is 0 Å². The lowest BCUT2D eigenvalue weighted by Crippen LogP contribution is -2.42.